The van der Waals surface area contributed by atoms with Crippen molar-refractivity contribution in [3.63, 3.8) is 0 Å². The lowest BCUT2D eigenvalue weighted by Gasteiger charge is -2.12. The van der Waals surface area contributed by atoms with Crippen LogP contribution in [-0.2, 0) is 4.79 Å². The Labute approximate surface area is 141 Å². The van der Waals surface area contributed by atoms with Gasteiger partial charge in [0.1, 0.15) is 6.20 Å². The monoisotopic (exact) mass is 344 g/mol. The van der Waals surface area contributed by atoms with Gasteiger partial charge in [-0.2, -0.15) is 9.61 Å². The number of benzene rings is 1. The number of fused-ring (bicyclic) bond motifs is 1. The number of amides is 1. The van der Waals surface area contributed by atoms with Crippen LogP contribution in [0.1, 0.15) is 16.7 Å². The molecule has 0 aliphatic rings. The number of H-pyrrole nitrogens is 1. The molecule has 2 aromatic heterocycles. The summed E-state index contributed by atoms with van der Waals surface area (Å²) in [6.07, 6.45) is 1.14. The minimum absolute atomic E-state index is 0.142. The number of aryl methyl sites for hydroxylation is 3. The van der Waals surface area contributed by atoms with E-state index in [0.29, 0.717) is 5.16 Å². The molecule has 1 aromatic carbocycles. The van der Waals surface area contributed by atoms with Crippen molar-refractivity contribution in [1.82, 2.24) is 24.8 Å². The predicted octanol–water partition coefficient (Wildman–Crippen LogP) is 1.47. The molecule has 3 rings (SSSR count). The van der Waals surface area contributed by atoms with Gasteiger partial charge < -0.3 is 5.32 Å². The maximum Gasteiger partial charge on any atom is 0.271 e. The van der Waals surface area contributed by atoms with E-state index in [1.807, 2.05) is 32.9 Å². The Morgan fingerprint density at radius 2 is 1.96 bits per heavy atom. The number of thioether (sulfide) groups is 1. The maximum absolute atomic E-state index is 12.2. The lowest BCUT2D eigenvalue weighted by atomic mass is 10.1. The molecule has 0 saturated carbocycles. The third-order valence-electron chi connectivity index (χ3n) is 3.41. The van der Waals surface area contributed by atoms with Crippen molar-refractivity contribution in [2.45, 2.75) is 25.9 Å². The summed E-state index contributed by atoms with van der Waals surface area (Å²) >= 11 is 1.20. The van der Waals surface area contributed by atoms with Crippen LogP contribution in [0.5, 0.6) is 0 Å². The second-order valence-electron chi connectivity index (χ2n) is 5.46. The third kappa shape index (κ3) is 3.30. The summed E-state index contributed by atoms with van der Waals surface area (Å²) in [5, 5.41) is 15.1. The fraction of sp³-hybridized carbons (Fsp3) is 0.267. The molecule has 0 radical (unpaired) electrons. The van der Waals surface area contributed by atoms with Gasteiger partial charge in [0.05, 0.1) is 5.75 Å². The zero-order valence-corrected chi connectivity index (χ0v) is 14.3. The van der Waals surface area contributed by atoms with E-state index in [0.717, 1.165) is 28.6 Å². The summed E-state index contributed by atoms with van der Waals surface area (Å²) in [5.74, 6) is 0.265. The number of anilines is 1. The minimum Gasteiger partial charge on any atom is -0.325 e. The van der Waals surface area contributed by atoms with Gasteiger partial charge in [0.15, 0.2) is 0 Å². The Hall–Kier alpha value is -2.68. The Morgan fingerprint density at radius 3 is 2.67 bits per heavy atom. The molecule has 9 heteroatoms. The standard InChI is InChI=1S/C15H16N6O2S/c1-8-4-9(2)13(10(3)5-8)17-12(23)7-24-15-20-19-14-18-11(22)6-16-21(14)15/h4-6H,7H2,1-3H3,(H,17,23)(H,18,19,22). The summed E-state index contributed by atoms with van der Waals surface area (Å²) in [7, 11) is 0. The molecule has 2 N–H and O–H groups in total. The number of hydrogen-bond donors (Lipinski definition) is 2. The molecule has 2 heterocycles. The highest BCUT2D eigenvalue weighted by Crippen LogP contribution is 2.22. The number of nitrogens with zero attached hydrogens (tertiary/aromatic N) is 4. The Kier molecular flexibility index (Phi) is 4.34. The van der Waals surface area contributed by atoms with E-state index >= 15 is 0 Å². The number of aromatic amines is 1. The first kappa shape index (κ1) is 16.2. The van der Waals surface area contributed by atoms with Gasteiger partial charge in [-0.05, 0) is 31.9 Å². The molecule has 0 aliphatic heterocycles. The molecule has 8 nitrogen and oxygen atoms in total. The number of rotatable bonds is 4. The number of nitrogens with one attached hydrogen (secondary N) is 2. The normalized spacial score (nSPS) is 11.0. The number of aromatic nitrogens is 5. The minimum atomic E-state index is -0.352. The first-order valence-electron chi connectivity index (χ1n) is 7.25. The maximum atomic E-state index is 12.2. The van der Waals surface area contributed by atoms with Crippen LogP contribution in [0.25, 0.3) is 5.78 Å². The smallest absolute Gasteiger partial charge is 0.271 e. The first-order valence-corrected chi connectivity index (χ1v) is 8.24. The van der Waals surface area contributed by atoms with Crippen molar-refractivity contribution >= 4 is 29.1 Å². The van der Waals surface area contributed by atoms with Crippen LogP contribution in [0.4, 0.5) is 5.69 Å². The molecule has 0 aliphatic carbocycles. The quantitative estimate of drug-likeness (QED) is 0.694. The van der Waals surface area contributed by atoms with Gasteiger partial charge in [-0.25, -0.2) is 0 Å². The highest BCUT2D eigenvalue weighted by atomic mass is 32.2. The fourth-order valence-electron chi connectivity index (χ4n) is 2.47. The van der Waals surface area contributed by atoms with Gasteiger partial charge in [0.2, 0.25) is 11.1 Å². The van der Waals surface area contributed by atoms with Crippen LogP contribution in [0.3, 0.4) is 0 Å². The molecule has 0 unspecified atom stereocenters. The van der Waals surface area contributed by atoms with Gasteiger partial charge in [-0.1, -0.05) is 29.5 Å². The highest BCUT2D eigenvalue weighted by molar-refractivity contribution is 7.99. The second kappa shape index (κ2) is 6.44. The summed E-state index contributed by atoms with van der Waals surface area (Å²) in [4.78, 5) is 25.9. The second-order valence-corrected chi connectivity index (χ2v) is 6.40. The molecule has 0 saturated heterocycles. The SMILES string of the molecule is Cc1cc(C)c(NC(=O)CSc2nnc3[nH]c(=O)cnn23)c(C)c1. The molecule has 24 heavy (non-hydrogen) atoms. The van der Waals surface area contributed by atoms with E-state index < -0.39 is 0 Å². The zero-order valence-electron chi connectivity index (χ0n) is 13.5. The number of carbonyl (C=O) groups excluding carboxylic acids is 1. The molecule has 3 aromatic rings. The van der Waals surface area contributed by atoms with Crippen LogP contribution >= 0.6 is 11.8 Å². The molecule has 124 valence electrons. The molecule has 0 spiro atoms. The Morgan fingerprint density at radius 1 is 1.25 bits per heavy atom. The van der Waals surface area contributed by atoms with Crippen LogP contribution < -0.4 is 10.9 Å². The van der Waals surface area contributed by atoms with Crippen molar-refractivity contribution in [3.8, 4) is 0 Å². The number of hydrogen-bond acceptors (Lipinski definition) is 6. The summed E-state index contributed by atoms with van der Waals surface area (Å²) < 4.78 is 1.39. The highest BCUT2D eigenvalue weighted by Gasteiger charge is 2.12. The van der Waals surface area contributed by atoms with E-state index in [4.69, 9.17) is 0 Å². The predicted molar refractivity (Wildman–Crippen MR) is 91.4 cm³/mol. The van der Waals surface area contributed by atoms with E-state index in [2.05, 4.69) is 25.6 Å². The van der Waals surface area contributed by atoms with Crippen molar-refractivity contribution in [1.29, 1.82) is 0 Å². The summed E-state index contributed by atoms with van der Waals surface area (Å²) in [5.41, 5.74) is 3.69. The zero-order chi connectivity index (χ0) is 17.3. The van der Waals surface area contributed by atoms with Crippen molar-refractivity contribution in [3.05, 3.63) is 45.4 Å². The van der Waals surface area contributed by atoms with Crippen molar-refractivity contribution < 1.29 is 4.79 Å². The lowest BCUT2D eigenvalue weighted by molar-refractivity contribution is -0.113. The van der Waals surface area contributed by atoms with Gasteiger partial charge >= 0.3 is 0 Å². The molecule has 0 fully saturated rings. The molecular formula is C15H16N6O2S. The Balaban J connectivity index is 1.70. The van der Waals surface area contributed by atoms with Gasteiger partial charge in [-0.15, -0.1) is 10.2 Å². The molecule has 1 amide bonds. The average Bonchev–Trinajstić information content (AvgIpc) is 2.91. The van der Waals surface area contributed by atoms with E-state index in [1.165, 1.54) is 16.3 Å². The Bertz CT molecular complexity index is 954. The molecule has 0 atom stereocenters. The van der Waals surface area contributed by atoms with Crippen LogP contribution in [0.15, 0.2) is 28.3 Å². The summed E-state index contributed by atoms with van der Waals surface area (Å²) in [6.45, 7) is 5.96. The van der Waals surface area contributed by atoms with E-state index in [-0.39, 0.29) is 23.0 Å². The van der Waals surface area contributed by atoms with Crippen LogP contribution in [-0.4, -0.2) is 36.5 Å². The largest absolute Gasteiger partial charge is 0.325 e. The molecule has 0 bridgehead atoms. The van der Waals surface area contributed by atoms with Gasteiger partial charge in [0.25, 0.3) is 11.3 Å². The first-order chi connectivity index (χ1) is 11.4. The summed E-state index contributed by atoms with van der Waals surface area (Å²) in [6, 6.07) is 4.06. The van der Waals surface area contributed by atoms with Crippen LogP contribution in [0.2, 0.25) is 0 Å². The lowest BCUT2D eigenvalue weighted by Crippen LogP contribution is -2.16. The van der Waals surface area contributed by atoms with Gasteiger partial charge in [-0.3, -0.25) is 14.6 Å². The fourth-order valence-corrected chi connectivity index (χ4v) is 3.16. The van der Waals surface area contributed by atoms with Crippen molar-refractivity contribution in [2.75, 3.05) is 11.1 Å². The average molecular weight is 344 g/mol. The topological polar surface area (TPSA) is 105 Å². The van der Waals surface area contributed by atoms with Crippen LogP contribution in [0, 0.1) is 20.8 Å². The molecular weight excluding hydrogens is 328 g/mol. The van der Waals surface area contributed by atoms with Gasteiger partial charge in [0, 0.05) is 5.69 Å². The number of carbonyl (C=O) groups is 1. The van der Waals surface area contributed by atoms with E-state index in [1.54, 1.807) is 0 Å². The van der Waals surface area contributed by atoms with Crippen molar-refractivity contribution in [2.24, 2.45) is 0 Å². The van der Waals surface area contributed by atoms with E-state index in [9.17, 15) is 9.59 Å². The third-order valence-corrected chi connectivity index (χ3v) is 4.33.